The number of nitrogen functional groups attached to an aromatic ring is 1. The Labute approximate surface area is 190 Å². The van der Waals surface area contributed by atoms with Gasteiger partial charge in [-0.1, -0.05) is 12.1 Å². The zero-order valence-electron chi connectivity index (χ0n) is 18.3. The summed E-state index contributed by atoms with van der Waals surface area (Å²) in [6.07, 6.45) is 2.88. The Morgan fingerprint density at radius 3 is 2.52 bits per heavy atom. The average molecular weight is 460 g/mol. The highest BCUT2D eigenvalue weighted by molar-refractivity contribution is 6.11. The fourth-order valence-corrected chi connectivity index (χ4v) is 4.45. The minimum absolute atomic E-state index is 0.312. The molecule has 4 rings (SSSR count). The number of piperidine rings is 1. The van der Waals surface area contributed by atoms with Crippen LogP contribution < -0.4 is 21.7 Å². The Kier molecular flexibility index (Phi) is 6.55. The van der Waals surface area contributed by atoms with Crippen LogP contribution in [-0.2, 0) is 0 Å². The van der Waals surface area contributed by atoms with Crippen LogP contribution in [0.3, 0.4) is 0 Å². The third kappa shape index (κ3) is 5.44. The van der Waals surface area contributed by atoms with Gasteiger partial charge in [-0.15, -0.1) is 0 Å². The molecule has 5 N–H and O–H groups in total. The maximum absolute atomic E-state index is 12.6. The van der Waals surface area contributed by atoms with Crippen LogP contribution in [0, 0.1) is 5.41 Å². The molecule has 2 aromatic rings. The zero-order valence-corrected chi connectivity index (χ0v) is 18.3. The van der Waals surface area contributed by atoms with E-state index in [1.54, 1.807) is 18.3 Å². The van der Waals surface area contributed by atoms with Gasteiger partial charge in [0.15, 0.2) is 0 Å². The summed E-state index contributed by atoms with van der Waals surface area (Å²) in [6.45, 7) is 2.55. The number of nitrogens with zero attached hydrogens (tertiary/aromatic N) is 4. The van der Waals surface area contributed by atoms with E-state index in [0.29, 0.717) is 33.9 Å². The van der Waals surface area contributed by atoms with Gasteiger partial charge in [0.25, 0.3) is 0 Å². The second-order valence-corrected chi connectivity index (χ2v) is 8.68. The third-order valence-electron chi connectivity index (χ3n) is 6.39. The number of halogens is 3. The number of anilines is 2. The highest BCUT2D eigenvalue weighted by atomic mass is 19.4. The molecule has 0 saturated carbocycles. The van der Waals surface area contributed by atoms with Gasteiger partial charge < -0.3 is 21.7 Å². The molecule has 10 heteroatoms. The van der Waals surface area contributed by atoms with Crippen LogP contribution in [0.25, 0.3) is 16.8 Å². The minimum Gasteiger partial charge on any atom is -0.404 e. The lowest BCUT2D eigenvalue weighted by Gasteiger charge is -2.39. The van der Waals surface area contributed by atoms with Crippen molar-refractivity contribution >= 4 is 23.4 Å². The molecule has 0 atom stereocenters. The number of aliphatic imine (C=N–C) groups is 1. The number of benzene rings is 1. The van der Waals surface area contributed by atoms with Gasteiger partial charge in [0.1, 0.15) is 6.54 Å². The van der Waals surface area contributed by atoms with Crippen molar-refractivity contribution < 1.29 is 13.2 Å². The Morgan fingerprint density at radius 2 is 1.91 bits per heavy atom. The largest absolute Gasteiger partial charge is 0.407 e. The Hall–Kier alpha value is -3.14. The molecular weight excluding hydrogens is 431 g/mol. The molecule has 33 heavy (non-hydrogen) atoms. The van der Waals surface area contributed by atoms with Crippen molar-refractivity contribution in [2.24, 2.45) is 16.1 Å². The lowest BCUT2D eigenvalue weighted by molar-refractivity contribution is -0.118. The van der Waals surface area contributed by atoms with Crippen LogP contribution in [0.5, 0.6) is 0 Å². The molecule has 2 aliphatic rings. The maximum Gasteiger partial charge on any atom is 0.407 e. The van der Waals surface area contributed by atoms with Crippen LogP contribution >= 0.6 is 0 Å². The second-order valence-electron chi connectivity index (χ2n) is 8.68. The van der Waals surface area contributed by atoms with Crippen molar-refractivity contribution in [3.63, 3.8) is 0 Å². The number of rotatable bonds is 5. The molecule has 0 amide bonds. The topological polar surface area (TPSA) is 105 Å². The quantitative estimate of drug-likeness (QED) is 0.468. The van der Waals surface area contributed by atoms with Gasteiger partial charge in [0, 0.05) is 60.6 Å². The lowest BCUT2D eigenvalue weighted by Crippen LogP contribution is -2.42. The highest BCUT2D eigenvalue weighted by Crippen LogP contribution is 2.38. The molecule has 3 heterocycles. The molecular formula is C23H28F3N7. The van der Waals surface area contributed by atoms with Crippen LogP contribution in [0.2, 0.25) is 0 Å². The molecule has 2 fully saturated rings. The standard InChI is InChI=1S/C23H28F3N7/c24-23(25,26)15-30-12-17(11-27)19-13-31-21(32-20(19)16-1-3-18(28)4-2-16)33-9-6-22(7-10-33)5-8-29-14-22/h1-4,11-13,29H,5-10,14-15,27-28H2. The van der Waals surface area contributed by atoms with Crippen LogP contribution in [0.4, 0.5) is 24.8 Å². The van der Waals surface area contributed by atoms with Gasteiger partial charge in [0.05, 0.1) is 5.69 Å². The van der Waals surface area contributed by atoms with E-state index < -0.39 is 12.7 Å². The molecule has 7 nitrogen and oxygen atoms in total. The number of nitrogens with one attached hydrogen (secondary N) is 1. The number of hydrogen-bond donors (Lipinski definition) is 3. The number of aromatic nitrogens is 2. The van der Waals surface area contributed by atoms with E-state index in [0.717, 1.165) is 50.8 Å². The Bertz CT molecular complexity index is 1020. The molecule has 1 aromatic heterocycles. The maximum atomic E-state index is 12.6. The smallest absolute Gasteiger partial charge is 0.404 e. The normalized spacial score (nSPS) is 19.0. The van der Waals surface area contributed by atoms with Crippen molar-refractivity contribution in [2.45, 2.75) is 25.4 Å². The minimum atomic E-state index is -4.39. The first-order valence-corrected chi connectivity index (χ1v) is 11.0. The summed E-state index contributed by atoms with van der Waals surface area (Å²) in [5.74, 6) is 0.593. The zero-order chi connectivity index (χ0) is 23.5. The molecule has 0 radical (unpaired) electrons. The van der Waals surface area contributed by atoms with E-state index >= 15 is 0 Å². The molecule has 0 aliphatic carbocycles. The van der Waals surface area contributed by atoms with E-state index in [4.69, 9.17) is 16.5 Å². The van der Waals surface area contributed by atoms with Crippen molar-refractivity contribution in [1.82, 2.24) is 15.3 Å². The van der Waals surface area contributed by atoms with Gasteiger partial charge in [-0.05, 0) is 43.4 Å². The SMILES string of the molecule is NC=C(C=NCC(F)(F)F)c1cnc(N2CCC3(CCNC3)CC2)nc1-c1ccc(N)cc1. The van der Waals surface area contributed by atoms with Gasteiger partial charge in [0.2, 0.25) is 5.95 Å². The highest BCUT2D eigenvalue weighted by Gasteiger charge is 2.37. The average Bonchev–Trinajstić information content (AvgIpc) is 3.25. The van der Waals surface area contributed by atoms with Crippen LogP contribution in [-0.4, -0.2) is 55.1 Å². The van der Waals surface area contributed by atoms with E-state index in [1.165, 1.54) is 12.6 Å². The van der Waals surface area contributed by atoms with Crippen molar-refractivity contribution in [1.29, 1.82) is 0 Å². The summed E-state index contributed by atoms with van der Waals surface area (Å²) < 4.78 is 37.7. The summed E-state index contributed by atoms with van der Waals surface area (Å²) in [5, 5.41) is 3.46. The molecule has 1 spiro atoms. The predicted octanol–water partition coefficient (Wildman–Crippen LogP) is 3.24. The van der Waals surface area contributed by atoms with E-state index in [-0.39, 0.29) is 0 Å². The summed E-state index contributed by atoms with van der Waals surface area (Å²) >= 11 is 0. The predicted molar refractivity (Wildman–Crippen MR) is 125 cm³/mol. The van der Waals surface area contributed by atoms with Crippen molar-refractivity contribution in [3.8, 4) is 11.3 Å². The molecule has 0 bridgehead atoms. The first-order chi connectivity index (χ1) is 15.8. The fourth-order valence-electron chi connectivity index (χ4n) is 4.45. The summed E-state index contributed by atoms with van der Waals surface area (Å²) in [4.78, 5) is 15.0. The molecule has 2 aliphatic heterocycles. The fraction of sp³-hybridized carbons (Fsp3) is 0.435. The van der Waals surface area contributed by atoms with Gasteiger partial charge in [-0.25, -0.2) is 9.97 Å². The summed E-state index contributed by atoms with van der Waals surface area (Å²) in [6, 6.07) is 7.15. The van der Waals surface area contributed by atoms with Crippen molar-refractivity contribution in [2.75, 3.05) is 43.4 Å². The second kappa shape index (κ2) is 9.38. The van der Waals surface area contributed by atoms with Crippen LogP contribution in [0.15, 0.2) is 41.7 Å². The number of alkyl halides is 3. The van der Waals surface area contributed by atoms with E-state index in [2.05, 4.69) is 20.2 Å². The lowest BCUT2D eigenvalue weighted by atomic mass is 9.78. The van der Waals surface area contributed by atoms with Crippen LogP contribution in [0.1, 0.15) is 24.8 Å². The summed E-state index contributed by atoms with van der Waals surface area (Å²) in [5.41, 5.74) is 14.7. The van der Waals surface area contributed by atoms with Gasteiger partial charge in [-0.2, -0.15) is 13.2 Å². The number of hydrogen-bond acceptors (Lipinski definition) is 7. The van der Waals surface area contributed by atoms with E-state index in [1.807, 2.05) is 12.1 Å². The van der Waals surface area contributed by atoms with Gasteiger partial charge in [-0.3, -0.25) is 4.99 Å². The molecule has 0 unspecified atom stereocenters. The molecule has 2 saturated heterocycles. The number of allylic oxidation sites excluding steroid dienone is 1. The molecule has 176 valence electrons. The molecule has 1 aromatic carbocycles. The van der Waals surface area contributed by atoms with E-state index in [9.17, 15) is 13.2 Å². The Balaban J connectivity index is 1.65. The third-order valence-corrected chi connectivity index (χ3v) is 6.39. The number of nitrogens with two attached hydrogens (primary N) is 2. The monoisotopic (exact) mass is 459 g/mol. The Morgan fingerprint density at radius 1 is 1.18 bits per heavy atom. The van der Waals surface area contributed by atoms with Gasteiger partial charge >= 0.3 is 6.18 Å². The van der Waals surface area contributed by atoms with Crippen molar-refractivity contribution in [3.05, 3.63) is 42.2 Å². The first kappa shape index (κ1) is 23.0. The summed E-state index contributed by atoms with van der Waals surface area (Å²) in [7, 11) is 0. The first-order valence-electron chi connectivity index (χ1n) is 11.0.